The van der Waals surface area contributed by atoms with E-state index < -0.39 is 0 Å². The largest absolute Gasteiger partial charge is 0.392 e. The predicted octanol–water partition coefficient (Wildman–Crippen LogP) is 1.07. The molecule has 2 N–H and O–H groups in total. The molecule has 2 nitrogen and oxygen atoms in total. The second kappa shape index (κ2) is 5.89. The maximum absolute atomic E-state index is 9.09. The van der Waals surface area contributed by atoms with E-state index in [4.69, 9.17) is 10.2 Å². The van der Waals surface area contributed by atoms with E-state index in [-0.39, 0.29) is 12.7 Å². The fourth-order valence-electron chi connectivity index (χ4n) is 0.665. The molecule has 1 atom stereocenters. The summed E-state index contributed by atoms with van der Waals surface area (Å²) in [5, 5.41) is 18.1. The topological polar surface area (TPSA) is 40.5 Å². The van der Waals surface area contributed by atoms with Crippen molar-refractivity contribution in [1.82, 2.24) is 0 Å². The zero-order valence-corrected chi connectivity index (χ0v) is 7.63. The quantitative estimate of drug-likeness (QED) is 0.537. The van der Waals surface area contributed by atoms with Crippen LogP contribution in [-0.4, -0.2) is 28.3 Å². The van der Waals surface area contributed by atoms with Gasteiger partial charge in [0.1, 0.15) is 0 Å². The van der Waals surface area contributed by atoms with Crippen LogP contribution in [0.1, 0.15) is 13.3 Å². The Morgan fingerprint density at radius 3 is 2.70 bits per heavy atom. The molecule has 0 aromatic heterocycles. The average Bonchev–Trinajstić information content (AvgIpc) is 1.88. The van der Waals surface area contributed by atoms with E-state index >= 15 is 0 Å². The minimum atomic E-state index is -0.331. The maximum Gasteiger partial charge on any atom is 0.0673 e. The third-order valence-electron chi connectivity index (χ3n) is 1.18. The number of aliphatic hydroxyl groups excluding tert-OH is 2. The molecule has 0 aliphatic carbocycles. The molecule has 10 heavy (non-hydrogen) atoms. The van der Waals surface area contributed by atoms with E-state index in [0.717, 1.165) is 5.57 Å². The van der Waals surface area contributed by atoms with Crippen molar-refractivity contribution >= 4 is 15.9 Å². The molecule has 0 aromatic rings. The zero-order valence-electron chi connectivity index (χ0n) is 6.05. The number of halogens is 1. The SMILES string of the molecule is CC(=CCO)CC(O)CBr. The second-order valence-corrected chi connectivity index (χ2v) is 2.89. The lowest BCUT2D eigenvalue weighted by molar-refractivity contribution is 0.201. The lowest BCUT2D eigenvalue weighted by atomic mass is 10.1. The van der Waals surface area contributed by atoms with Crippen molar-refractivity contribution in [2.75, 3.05) is 11.9 Å². The van der Waals surface area contributed by atoms with Crippen molar-refractivity contribution in [2.45, 2.75) is 19.4 Å². The highest BCUT2D eigenvalue weighted by atomic mass is 79.9. The van der Waals surface area contributed by atoms with Gasteiger partial charge in [0.2, 0.25) is 0 Å². The van der Waals surface area contributed by atoms with Crippen molar-refractivity contribution in [3.8, 4) is 0 Å². The number of rotatable bonds is 4. The molecule has 0 saturated heterocycles. The van der Waals surface area contributed by atoms with E-state index in [2.05, 4.69) is 15.9 Å². The van der Waals surface area contributed by atoms with Gasteiger partial charge in [-0.2, -0.15) is 0 Å². The molecule has 0 aliphatic heterocycles. The van der Waals surface area contributed by atoms with Crippen LogP contribution in [0.3, 0.4) is 0 Å². The third kappa shape index (κ3) is 4.97. The predicted molar refractivity (Wildman–Crippen MR) is 45.3 cm³/mol. The Morgan fingerprint density at radius 2 is 2.30 bits per heavy atom. The standard InChI is InChI=1S/C7H13BrO2/c1-6(2-3-9)4-7(10)5-8/h2,7,9-10H,3-5H2,1H3. The van der Waals surface area contributed by atoms with Crippen LogP contribution in [-0.2, 0) is 0 Å². The molecule has 0 bridgehead atoms. The summed E-state index contributed by atoms with van der Waals surface area (Å²) in [6.45, 7) is 1.95. The van der Waals surface area contributed by atoms with Crippen LogP contribution in [0.2, 0.25) is 0 Å². The van der Waals surface area contributed by atoms with Gasteiger partial charge in [-0.15, -0.1) is 0 Å². The summed E-state index contributed by atoms with van der Waals surface area (Å²) < 4.78 is 0. The highest BCUT2D eigenvalue weighted by Gasteiger charge is 2.00. The zero-order chi connectivity index (χ0) is 7.98. The molecule has 0 heterocycles. The van der Waals surface area contributed by atoms with Gasteiger partial charge in [-0.3, -0.25) is 0 Å². The van der Waals surface area contributed by atoms with Crippen molar-refractivity contribution in [2.24, 2.45) is 0 Å². The fraction of sp³-hybridized carbons (Fsp3) is 0.714. The Hall–Kier alpha value is 0.140. The van der Waals surface area contributed by atoms with Gasteiger partial charge in [0, 0.05) is 5.33 Å². The Bertz CT molecular complexity index is 112. The first-order valence-corrected chi connectivity index (χ1v) is 4.33. The number of alkyl halides is 1. The highest BCUT2D eigenvalue weighted by molar-refractivity contribution is 9.09. The summed E-state index contributed by atoms with van der Waals surface area (Å²) >= 11 is 3.15. The molecule has 0 saturated carbocycles. The third-order valence-corrected chi connectivity index (χ3v) is 1.92. The Morgan fingerprint density at radius 1 is 1.70 bits per heavy atom. The summed E-state index contributed by atoms with van der Waals surface area (Å²) in [6, 6.07) is 0. The first-order valence-electron chi connectivity index (χ1n) is 3.21. The van der Waals surface area contributed by atoms with E-state index in [0.29, 0.717) is 11.8 Å². The van der Waals surface area contributed by atoms with Crippen LogP contribution >= 0.6 is 15.9 Å². The number of hydrogen-bond donors (Lipinski definition) is 2. The maximum atomic E-state index is 9.09. The second-order valence-electron chi connectivity index (χ2n) is 2.25. The van der Waals surface area contributed by atoms with Crippen molar-refractivity contribution in [1.29, 1.82) is 0 Å². The first-order chi connectivity index (χ1) is 4.70. The van der Waals surface area contributed by atoms with Crippen LogP contribution in [0.4, 0.5) is 0 Å². The van der Waals surface area contributed by atoms with Crippen LogP contribution in [0.5, 0.6) is 0 Å². The van der Waals surface area contributed by atoms with Crippen LogP contribution < -0.4 is 0 Å². The molecular formula is C7H13BrO2. The molecule has 3 heteroatoms. The Balaban J connectivity index is 3.56. The first kappa shape index (κ1) is 10.1. The average molecular weight is 209 g/mol. The van der Waals surface area contributed by atoms with E-state index in [1.807, 2.05) is 6.92 Å². The van der Waals surface area contributed by atoms with Crippen molar-refractivity contribution in [3.63, 3.8) is 0 Å². The van der Waals surface area contributed by atoms with E-state index in [9.17, 15) is 0 Å². The smallest absolute Gasteiger partial charge is 0.0673 e. The van der Waals surface area contributed by atoms with Gasteiger partial charge >= 0.3 is 0 Å². The molecule has 0 aromatic carbocycles. The Kier molecular flexibility index (Phi) is 5.97. The van der Waals surface area contributed by atoms with Crippen LogP contribution in [0.15, 0.2) is 11.6 Å². The molecule has 0 spiro atoms. The van der Waals surface area contributed by atoms with Crippen molar-refractivity contribution < 1.29 is 10.2 Å². The van der Waals surface area contributed by atoms with Gasteiger partial charge in [-0.1, -0.05) is 27.6 Å². The molecule has 0 fully saturated rings. The normalized spacial score (nSPS) is 15.4. The lowest BCUT2D eigenvalue weighted by Gasteiger charge is -2.05. The summed E-state index contributed by atoms with van der Waals surface area (Å²) in [4.78, 5) is 0. The fourth-order valence-corrected chi connectivity index (χ4v) is 0.894. The molecule has 0 aliphatic rings. The molecule has 0 radical (unpaired) electrons. The van der Waals surface area contributed by atoms with Gasteiger partial charge in [0.05, 0.1) is 12.7 Å². The van der Waals surface area contributed by atoms with Crippen molar-refractivity contribution in [3.05, 3.63) is 11.6 Å². The molecule has 0 amide bonds. The Labute approximate surface area is 69.7 Å². The van der Waals surface area contributed by atoms with Gasteiger partial charge in [0.15, 0.2) is 0 Å². The van der Waals surface area contributed by atoms with Crippen LogP contribution in [0, 0.1) is 0 Å². The summed E-state index contributed by atoms with van der Waals surface area (Å²) in [7, 11) is 0. The molecule has 1 unspecified atom stereocenters. The summed E-state index contributed by atoms with van der Waals surface area (Å²) in [6.07, 6.45) is 2.00. The minimum Gasteiger partial charge on any atom is -0.392 e. The summed E-state index contributed by atoms with van der Waals surface area (Å²) in [5.41, 5.74) is 1.02. The van der Waals surface area contributed by atoms with Gasteiger partial charge in [-0.05, 0) is 13.3 Å². The number of hydrogen-bond acceptors (Lipinski definition) is 2. The number of aliphatic hydroxyl groups is 2. The molecule has 60 valence electrons. The monoisotopic (exact) mass is 208 g/mol. The van der Waals surface area contributed by atoms with E-state index in [1.54, 1.807) is 6.08 Å². The van der Waals surface area contributed by atoms with Gasteiger partial charge < -0.3 is 10.2 Å². The van der Waals surface area contributed by atoms with E-state index in [1.165, 1.54) is 0 Å². The summed E-state index contributed by atoms with van der Waals surface area (Å²) in [5.74, 6) is 0. The lowest BCUT2D eigenvalue weighted by Crippen LogP contribution is -2.07. The molecular weight excluding hydrogens is 196 g/mol. The van der Waals surface area contributed by atoms with Crippen LogP contribution in [0.25, 0.3) is 0 Å². The molecule has 0 rings (SSSR count). The van der Waals surface area contributed by atoms with Gasteiger partial charge in [-0.25, -0.2) is 0 Å². The minimum absolute atomic E-state index is 0.0564. The van der Waals surface area contributed by atoms with Gasteiger partial charge in [0.25, 0.3) is 0 Å². The highest BCUT2D eigenvalue weighted by Crippen LogP contribution is 2.05.